The van der Waals surface area contributed by atoms with Gasteiger partial charge in [0, 0.05) is 19.0 Å². The average molecular weight is 389 g/mol. The van der Waals surface area contributed by atoms with Gasteiger partial charge in [-0.2, -0.15) is 4.98 Å². The molecule has 1 aliphatic heterocycles. The minimum absolute atomic E-state index is 0.0128. The molecule has 1 saturated heterocycles. The van der Waals surface area contributed by atoms with Crippen molar-refractivity contribution in [2.24, 2.45) is 0 Å². The minimum atomic E-state index is -0.503. The molecule has 0 radical (unpaired) electrons. The normalized spacial score (nSPS) is 14.5. The van der Waals surface area contributed by atoms with E-state index in [4.69, 9.17) is 18.7 Å². The summed E-state index contributed by atoms with van der Waals surface area (Å²) in [5.41, 5.74) is 0.625. The zero-order valence-corrected chi connectivity index (χ0v) is 16.0. The van der Waals surface area contributed by atoms with Gasteiger partial charge in [0.15, 0.2) is 6.61 Å². The van der Waals surface area contributed by atoms with Gasteiger partial charge in [0.05, 0.1) is 19.8 Å². The van der Waals surface area contributed by atoms with Crippen molar-refractivity contribution in [3.8, 4) is 22.9 Å². The third-order valence-electron chi connectivity index (χ3n) is 4.47. The standard InChI is InChI=1S/C19H23N3O6/c1-25-13-7-8-14(15(10-13)26-2)19-20-16(28-21-19)12-27-18(24)11-22-9-5-3-4-6-17(22)23/h7-8,10H,3-6,9,11-12H2,1-2H3. The molecule has 9 nitrogen and oxygen atoms in total. The first kappa shape index (κ1) is 19.7. The van der Waals surface area contributed by atoms with E-state index in [1.807, 2.05) is 0 Å². The number of benzene rings is 1. The fourth-order valence-corrected chi connectivity index (χ4v) is 2.96. The second-order valence-corrected chi connectivity index (χ2v) is 6.36. The van der Waals surface area contributed by atoms with E-state index in [0.29, 0.717) is 35.9 Å². The maximum Gasteiger partial charge on any atom is 0.326 e. The van der Waals surface area contributed by atoms with Crippen LogP contribution in [0.2, 0.25) is 0 Å². The molecule has 0 atom stereocenters. The lowest BCUT2D eigenvalue weighted by molar-refractivity contribution is -0.150. The van der Waals surface area contributed by atoms with Gasteiger partial charge in [-0.1, -0.05) is 11.6 Å². The Balaban J connectivity index is 1.59. The Kier molecular flexibility index (Phi) is 6.46. The largest absolute Gasteiger partial charge is 0.497 e. The monoisotopic (exact) mass is 389 g/mol. The third kappa shape index (κ3) is 4.79. The number of hydrogen-bond donors (Lipinski definition) is 0. The highest BCUT2D eigenvalue weighted by Gasteiger charge is 2.21. The van der Waals surface area contributed by atoms with E-state index in [1.54, 1.807) is 25.3 Å². The summed E-state index contributed by atoms with van der Waals surface area (Å²) < 4.78 is 20.8. The molecule has 0 aliphatic carbocycles. The maximum atomic E-state index is 12.1. The van der Waals surface area contributed by atoms with Crippen LogP contribution in [0, 0.1) is 0 Å². The van der Waals surface area contributed by atoms with Gasteiger partial charge in [0.25, 0.3) is 5.89 Å². The third-order valence-corrected chi connectivity index (χ3v) is 4.47. The van der Waals surface area contributed by atoms with Gasteiger partial charge in [0.2, 0.25) is 11.7 Å². The van der Waals surface area contributed by atoms with Crippen molar-refractivity contribution in [2.75, 3.05) is 27.3 Å². The molecule has 0 unspecified atom stereocenters. The van der Waals surface area contributed by atoms with Crippen molar-refractivity contribution >= 4 is 11.9 Å². The van der Waals surface area contributed by atoms with Gasteiger partial charge in [-0.25, -0.2) is 0 Å². The number of carbonyl (C=O) groups excluding carboxylic acids is 2. The topological polar surface area (TPSA) is 104 Å². The van der Waals surface area contributed by atoms with Crippen LogP contribution in [0.3, 0.4) is 0 Å². The molecule has 1 aromatic heterocycles. The van der Waals surface area contributed by atoms with Crippen LogP contribution in [0.15, 0.2) is 22.7 Å². The smallest absolute Gasteiger partial charge is 0.326 e. The maximum absolute atomic E-state index is 12.1. The molecular weight excluding hydrogens is 366 g/mol. The molecule has 0 saturated carbocycles. The van der Waals surface area contributed by atoms with Gasteiger partial charge >= 0.3 is 5.97 Å². The molecule has 1 aromatic carbocycles. The summed E-state index contributed by atoms with van der Waals surface area (Å²) in [5.74, 6) is 1.12. The number of likely N-dealkylation sites (tertiary alicyclic amines) is 1. The zero-order valence-electron chi connectivity index (χ0n) is 16.0. The molecule has 2 aromatic rings. The lowest BCUT2D eigenvalue weighted by atomic mass is 10.2. The summed E-state index contributed by atoms with van der Waals surface area (Å²) in [6.07, 6.45) is 3.24. The van der Waals surface area contributed by atoms with Crippen molar-refractivity contribution in [1.29, 1.82) is 0 Å². The van der Waals surface area contributed by atoms with Gasteiger partial charge in [0.1, 0.15) is 18.0 Å². The number of carbonyl (C=O) groups is 2. The van der Waals surface area contributed by atoms with E-state index < -0.39 is 5.97 Å². The number of nitrogens with zero attached hydrogens (tertiary/aromatic N) is 3. The summed E-state index contributed by atoms with van der Waals surface area (Å²) >= 11 is 0. The molecule has 9 heteroatoms. The lowest BCUT2D eigenvalue weighted by Crippen LogP contribution is -2.35. The fraction of sp³-hybridized carbons (Fsp3) is 0.474. The Morgan fingerprint density at radius 3 is 2.86 bits per heavy atom. The molecule has 2 heterocycles. The van der Waals surface area contributed by atoms with Gasteiger partial charge < -0.3 is 23.6 Å². The molecule has 3 rings (SSSR count). The van der Waals surface area contributed by atoms with Crippen molar-refractivity contribution in [1.82, 2.24) is 15.0 Å². The highest BCUT2D eigenvalue weighted by Crippen LogP contribution is 2.31. The van der Waals surface area contributed by atoms with Crippen molar-refractivity contribution in [2.45, 2.75) is 32.3 Å². The highest BCUT2D eigenvalue weighted by atomic mass is 16.6. The second-order valence-electron chi connectivity index (χ2n) is 6.36. The first-order valence-electron chi connectivity index (χ1n) is 9.09. The first-order chi connectivity index (χ1) is 13.6. The number of amides is 1. The predicted molar refractivity (Wildman–Crippen MR) is 97.7 cm³/mol. The Labute approximate surface area is 162 Å². The summed E-state index contributed by atoms with van der Waals surface area (Å²) in [7, 11) is 3.10. The van der Waals surface area contributed by atoms with E-state index in [-0.39, 0.29) is 24.9 Å². The molecular formula is C19H23N3O6. The molecule has 150 valence electrons. The van der Waals surface area contributed by atoms with Crippen LogP contribution in [0.25, 0.3) is 11.4 Å². The molecule has 0 spiro atoms. The SMILES string of the molecule is COc1ccc(-c2noc(COC(=O)CN3CCCCCC3=O)n2)c(OC)c1. The fourth-order valence-electron chi connectivity index (χ4n) is 2.96. The van der Waals surface area contributed by atoms with Crippen molar-refractivity contribution in [3.05, 3.63) is 24.1 Å². The van der Waals surface area contributed by atoms with Crippen LogP contribution >= 0.6 is 0 Å². The van der Waals surface area contributed by atoms with E-state index in [2.05, 4.69) is 10.1 Å². The Morgan fingerprint density at radius 1 is 1.21 bits per heavy atom. The summed E-state index contributed by atoms with van der Waals surface area (Å²) in [6.45, 7) is 0.356. The quantitative estimate of drug-likeness (QED) is 0.664. The van der Waals surface area contributed by atoms with Gasteiger partial charge in [-0.15, -0.1) is 0 Å². The van der Waals surface area contributed by atoms with E-state index >= 15 is 0 Å². The van der Waals surface area contributed by atoms with Crippen LogP contribution in [0.4, 0.5) is 0 Å². The predicted octanol–water partition coefficient (Wildman–Crippen LogP) is 2.20. The molecule has 28 heavy (non-hydrogen) atoms. The van der Waals surface area contributed by atoms with Crippen LogP contribution in [-0.4, -0.2) is 54.2 Å². The molecule has 1 fully saturated rings. The van der Waals surface area contributed by atoms with Gasteiger partial charge in [-0.3, -0.25) is 9.59 Å². The Bertz CT molecular complexity index is 835. The Hall–Kier alpha value is -3.10. The van der Waals surface area contributed by atoms with Crippen LogP contribution in [0.5, 0.6) is 11.5 Å². The molecule has 0 N–H and O–H groups in total. The van der Waals surface area contributed by atoms with Crippen LogP contribution < -0.4 is 9.47 Å². The summed E-state index contributed by atoms with van der Waals surface area (Å²) in [5, 5.41) is 3.91. The molecule has 0 bridgehead atoms. The van der Waals surface area contributed by atoms with E-state index in [1.165, 1.54) is 12.0 Å². The van der Waals surface area contributed by atoms with E-state index in [9.17, 15) is 9.59 Å². The number of aromatic nitrogens is 2. The molecule has 1 amide bonds. The van der Waals surface area contributed by atoms with Crippen molar-refractivity contribution < 1.29 is 28.3 Å². The van der Waals surface area contributed by atoms with Crippen molar-refractivity contribution in [3.63, 3.8) is 0 Å². The Morgan fingerprint density at radius 2 is 2.07 bits per heavy atom. The van der Waals surface area contributed by atoms with Crippen LogP contribution in [0.1, 0.15) is 31.6 Å². The lowest BCUT2D eigenvalue weighted by Gasteiger charge is -2.18. The van der Waals surface area contributed by atoms with Gasteiger partial charge in [-0.05, 0) is 25.0 Å². The first-order valence-corrected chi connectivity index (χ1v) is 9.09. The van der Waals surface area contributed by atoms with Crippen LogP contribution in [-0.2, 0) is 20.9 Å². The minimum Gasteiger partial charge on any atom is -0.497 e. The highest BCUT2D eigenvalue weighted by molar-refractivity contribution is 5.82. The number of hydrogen-bond acceptors (Lipinski definition) is 8. The number of methoxy groups -OCH3 is 2. The number of ether oxygens (including phenoxy) is 3. The zero-order chi connectivity index (χ0) is 19.9. The molecule has 1 aliphatic rings. The van der Waals surface area contributed by atoms with E-state index in [0.717, 1.165) is 19.3 Å². The number of esters is 1. The average Bonchev–Trinajstić information content (AvgIpc) is 3.10. The second kappa shape index (κ2) is 9.20. The number of rotatable bonds is 7. The summed E-state index contributed by atoms with van der Waals surface area (Å²) in [4.78, 5) is 29.8. The summed E-state index contributed by atoms with van der Waals surface area (Å²) in [6, 6.07) is 5.22.